The molecule has 0 amide bonds. The van der Waals surface area contributed by atoms with Crippen molar-refractivity contribution in [3.63, 3.8) is 0 Å². The zero-order valence-electron chi connectivity index (χ0n) is 9.92. The van der Waals surface area contributed by atoms with Crippen molar-refractivity contribution >= 4 is 27.7 Å². The van der Waals surface area contributed by atoms with E-state index in [1.54, 1.807) is 6.92 Å². The summed E-state index contributed by atoms with van der Waals surface area (Å²) in [7, 11) is 0. The minimum Gasteiger partial charge on any atom is -0.492 e. The van der Waals surface area contributed by atoms with E-state index in [2.05, 4.69) is 15.0 Å². The Kier molecular flexibility index (Phi) is 4.03. The van der Waals surface area contributed by atoms with Gasteiger partial charge in [-0.2, -0.15) is 4.98 Å². The van der Waals surface area contributed by atoms with E-state index in [1.807, 2.05) is 0 Å². The van der Waals surface area contributed by atoms with Gasteiger partial charge in [0.05, 0.1) is 11.6 Å². The monoisotopic (exact) mass is 267 g/mol. The lowest BCUT2D eigenvalue weighted by Gasteiger charge is -1.99. The van der Waals surface area contributed by atoms with Crippen LogP contribution >= 0.6 is 11.3 Å². The average Bonchev–Trinajstić information content (AvgIpc) is 2.74. The molecule has 0 fully saturated rings. The van der Waals surface area contributed by atoms with Crippen LogP contribution in [0.1, 0.15) is 24.8 Å². The van der Waals surface area contributed by atoms with Gasteiger partial charge < -0.3 is 9.84 Å². The predicted molar refractivity (Wildman–Crippen MR) is 66.4 cm³/mol. The molecule has 0 atom stereocenters. The molecule has 0 saturated heterocycles. The van der Waals surface area contributed by atoms with E-state index in [0.29, 0.717) is 36.2 Å². The third-order valence-electron chi connectivity index (χ3n) is 2.30. The maximum absolute atomic E-state index is 11.2. The van der Waals surface area contributed by atoms with Crippen LogP contribution in [0.15, 0.2) is 6.33 Å². The number of hydrogen-bond acceptors (Lipinski definition) is 7. The first-order valence-corrected chi connectivity index (χ1v) is 6.47. The lowest BCUT2D eigenvalue weighted by molar-refractivity contribution is -0.143. The second-order valence-corrected chi connectivity index (χ2v) is 4.68. The first-order valence-electron chi connectivity index (χ1n) is 5.65. The molecule has 0 spiro atoms. The van der Waals surface area contributed by atoms with Crippen LogP contribution in [-0.4, -0.2) is 32.6 Å². The molecule has 0 saturated carbocycles. The highest BCUT2D eigenvalue weighted by molar-refractivity contribution is 7.18. The van der Waals surface area contributed by atoms with Crippen molar-refractivity contribution in [1.29, 1.82) is 0 Å². The fourth-order valence-electron chi connectivity index (χ4n) is 1.51. The van der Waals surface area contributed by atoms with Gasteiger partial charge >= 0.3 is 5.97 Å². The predicted octanol–water partition coefficient (Wildman–Crippen LogP) is 1.68. The summed E-state index contributed by atoms with van der Waals surface area (Å²) >= 11 is 1.40. The van der Waals surface area contributed by atoms with Gasteiger partial charge in [-0.05, 0) is 19.8 Å². The zero-order valence-corrected chi connectivity index (χ0v) is 10.7. The molecule has 6 nitrogen and oxygen atoms in total. The summed E-state index contributed by atoms with van der Waals surface area (Å²) < 4.78 is 4.84. The molecular weight excluding hydrogens is 254 g/mol. The summed E-state index contributed by atoms with van der Waals surface area (Å²) in [4.78, 5) is 23.8. The maximum atomic E-state index is 11.2. The second kappa shape index (κ2) is 5.72. The Balaban J connectivity index is 1.96. The van der Waals surface area contributed by atoms with Gasteiger partial charge in [-0.25, -0.2) is 9.97 Å². The normalized spacial score (nSPS) is 10.7. The minimum atomic E-state index is -0.193. The molecule has 2 rings (SSSR count). The smallest absolute Gasteiger partial charge is 0.305 e. The highest BCUT2D eigenvalue weighted by atomic mass is 32.1. The van der Waals surface area contributed by atoms with Gasteiger partial charge in [0.25, 0.3) is 0 Å². The van der Waals surface area contributed by atoms with Crippen molar-refractivity contribution in [2.75, 3.05) is 6.61 Å². The Labute approximate surface area is 108 Å². The Bertz CT molecular complexity index is 555. The first kappa shape index (κ1) is 12.7. The van der Waals surface area contributed by atoms with Gasteiger partial charge in [-0.1, -0.05) is 11.3 Å². The average molecular weight is 267 g/mol. The van der Waals surface area contributed by atoms with E-state index >= 15 is 0 Å². The van der Waals surface area contributed by atoms with Crippen LogP contribution in [0.3, 0.4) is 0 Å². The molecule has 2 aromatic heterocycles. The molecule has 0 bridgehead atoms. The molecule has 0 radical (unpaired) electrons. The zero-order chi connectivity index (χ0) is 13.0. The van der Waals surface area contributed by atoms with Crippen LogP contribution < -0.4 is 0 Å². The fraction of sp³-hybridized carbons (Fsp3) is 0.455. The summed E-state index contributed by atoms with van der Waals surface area (Å²) in [6, 6.07) is 0. The van der Waals surface area contributed by atoms with Gasteiger partial charge in [0, 0.05) is 6.42 Å². The number of fused-ring (bicyclic) bond motifs is 1. The molecular formula is C11H13N3O3S. The van der Waals surface area contributed by atoms with Crippen LogP contribution in [0.2, 0.25) is 0 Å². The summed E-state index contributed by atoms with van der Waals surface area (Å²) in [5.41, 5.74) is 0.425. The van der Waals surface area contributed by atoms with E-state index in [4.69, 9.17) is 4.74 Å². The van der Waals surface area contributed by atoms with Crippen molar-refractivity contribution in [2.45, 2.75) is 26.2 Å². The molecule has 0 unspecified atom stereocenters. The van der Waals surface area contributed by atoms with Crippen molar-refractivity contribution in [3.8, 4) is 5.88 Å². The number of esters is 1. The number of carbonyl (C=O) groups excluding carboxylic acids is 1. The number of carbonyl (C=O) groups is 1. The number of aryl methyl sites for hydroxylation is 1. The molecule has 0 aliphatic rings. The van der Waals surface area contributed by atoms with Crippen molar-refractivity contribution < 1.29 is 14.6 Å². The van der Waals surface area contributed by atoms with Crippen LogP contribution in [0.25, 0.3) is 10.3 Å². The molecule has 0 aliphatic heterocycles. The van der Waals surface area contributed by atoms with E-state index in [1.165, 1.54) is 17.7 Å². The lowest BCUT2D eigenvalue weighted by atomic mass is 10.2. The van der Waals surface area contributed by atoms with Crippen molar-refractivity contribution in [1.82, 2.24) is 15.0 Å². The number of hydrogen-bond donors (Lipinski definition) is 1. The molecule has 2 heterocycles. The Morgan fingerprint density at radius 2 is 2.33 bits per heavy atom. The first-order chi connectivity index (χ1) is 8.70. The SMILES string of the molecule is CCOC(=O)CCCc1nc2c(O)ncnc2s1. The van der Waals surface area contributed by atoms with E-state index < -0.39 is 0 Å². The number of rotatable bonds is 5. The van der Waals surface area contributed by atoms with Crippen LogP contribution in [0, 0.1) is 0 Å². The molecule has 96 valence electrons. The number of aromatic nitrogens is 3. The maximum Gasteiger partial charge on any atom is 0.305 e. The topological polar surface area (TPSA) is 85.2 Å². The van der Waals surface area contributed by atoms with Crippen molar-refractivity contribution in [3.05, 3.63) is 11.3 Å². The second-order valence-electron chi connectivity index (χ2n) is 3.62. The van der Waals surface area contributed by atoms with E-state index in [0.717, 1.165) is 5.01 Å². The van der Waals surface area contributed by atoms with Gasteiger partial charge in [-0.15, -0.1) is 0 Å². The molecule has 18 heavy (non-hydrogen) atoms. The Morgan fingerprint density at radius 1 is 1.50 bits per heavy atom. The van der Waals surface area contributed by atoms with E-state index in [9.17, 15) is 9.90 Å². The number of aromatic hydroxyl groups is 1. The van der Waals surface area contributed by atoms with Gasteiger partial charge in [-0.3, -0.25) is 4.79 Å². The van der Waals surface area contributed by atoms with Gasteiger partial charge in [0.15, 0.2) is 10.3 Å². The number of nitrogens with zero attached hydrogens (tertiary/aromatic N) is 3. The standard InChI is InChI=1S/C11H13N3O3S/c1-2-17-8(15)5-3-4-7-14-9-10(16)12-6-13-11(9)18-7/h6H,2-5H2,1H3,(H,12,13,16). The highest BCUT2D eigenvalue weighted by Gasteiger charge is 2.10. The highest BCUT2D eigenvalue weighted by Crippen LogP contribution is 2.25. The van der Waals surface area contributed by atoms with E-state index in [-0.39, 0.29) is 11.8 Å². The van der Waals surface area contributed by atoms with Crippen molar-refractivity contribution in [2.24, 2.45) is 0 Å². The largest absolute Gasteiger partial charge is 0.492 e. The molecule has 1 N–H and O–H groups in total. The lowest BCUT2D eigenvalue weighted by Crippen LogP contribution is -2.03. The third kappa shape index (κ3) is 2.92. The summed E-state index contributed by atoms with van der Waals surface area (Å²) in [5.74, 6) is -0.297. The van der Waals surface area contributed by atoms with Crippen LogP contribution in [-0.2, 0) is 16.0 Å². The molecule has 0 aromatic carbocycles. The minimum absolute atomic E-state index is 0.104. The van der Waals surface area contributed by atoms with Gasteiger partial charge in [0.2, 0.25) is 5.88 Å². The third-order valence-corrected chi connectivity index (χ3v) is 3.32. The quantitative estimate of drug-likeness (QED) is 0.829. The molecule has 0 aliphatic carbocycles. The Hall–Kier alpha value is -1.76. The number of thiazole rings is 1. The summed E-state index contributed by atoms with van der Waals surface area (Å²) in [6.07, 6.45) is 3.02. The number of ether oxygens (including phenoxy) is 1. The van der Waals surface area contributed by atoms with Gasteiger partial charge in [0.1, 0.15) is 6.33 Å². The summed E-state index contributed by atoms with van der Waals surface area (Å²) in [5, 5.41) is 10.3. The van der Waals surface area contributed by atoms with Crippen LogP contribution in [0.4, 0.5) is 0 Å². The molecule has 7 heteroatoms. The van der Waals surface area contributed by atoms with Crippen LogP contribution in [0.5, 0.6) is 5.88 Å². The molecule has 2 aromatic rings. The summed E-state index contributed by atoms with van der Waals surface area (Å²) in [6.45, 7) is 2.19. The fourth-order valence-corrected chi connectivity index (χ4v) is 2.45. The Morgan fingerprint density at radius 3 is 3.06 bits per heavy atom.